The zero-order valence-electron chi connectivity index (χ0n) is 18.4. The maximum atomic E-state index is 11.5. The van der Waals surface area contributed by atoms with Crippen LogP contribution in [-0.4, -0.2) is 54.7 Å². The smallest absolute Gasteiger partial charge is 0.220 e. The van der Waals surface area contributed by atoms with Crippen LogP contribution in [-0.2, 0) is 0 Å². The number of nitrogens with zero attached hydrogens (tertiary/aromatic N) is 4. The lowest BCUT2D eigenvalue weighted by molar-refractivity contribution is -0.479. The third-order valence-corrected chi connectivity index (χ3v) is 5.93. The lowest BCUT2D eigenvalue weighted by Crippen LogP contribution is -2.12. The van der Waals surface area contributed by atoms with Crippen LogP contribution in [0.3, 0.4) is 0 Å². The number of hydrogen-bond acceptors (Lipinski definition) is 9. The average molecular weight is 461 g/mol. The highest BCUT2D eigenvalue weighted by Crippen LogP contribution is 2.44. The van der Waals surface area contributed by atoms with Gasteiger partial charge in [0.25, 0.3) is 0 Å². The van der Waals surface area contributed by atoms with Gasteiger partial charge in [-0.25, -0.2) is 0 Å². The summed E-state index contributed by atoms with van der Waals surface area (Å²) < 4.78 is 23.3. The quantitative estimate of drug-likeness (QED) is 0.254. The molecule has 11 heteroatoms. The first kappa shape index (κ1) is 23.2. The molecule has 10 nitrogen and oxygen atoms in total. The van der Waals surface area contributed by atoms with E-state index in [-0.39, 0.29) is 11.5 Å². The van der Waals surface area contributed by atoms with E-state index in [1.807, 2.05) is 35.8 Å². The topological polar surface area (TPSA) is 111 Å². The number of thioether (sulfide) groups is 1. The Hall–Kier alpha value is -3.47. The van der Waals surface area contributed by atoms with Gasteiger partial charge in [0.15, 0.2) is 16.7 Å². The lowest BCUT2D eigenvalue weighted by atomic mass is 10.1. The summed E-state index contributed by atoms with van der Waals surface area (Å²) in [6.07, 6.45) is 0. The van der Waals surface area contributed by atoms with Crippen LogP contribution in [0.15, 0.2) is 41.6 Å². The van der Waals surface area contributed by atoms with E-state index in [2.05, 4.69) is 10.2 Å². The molecule has 0 saturated heterocycles. The maximum Gasteiger partial charge on any atom is 0.220 e. The molecule has 1 aromatic heterocycles. The van der Waals surface area contributed by atoms with Crippen LogP contribution in [0.1, 0.15) is 16.6 Å². The summed E-state index contributed by atoms with van der Waals surface area (Å²) in [5, 5.41) is 19.9. The third kappa shape index (κ3) is 4.88. The van der Waals surface area contributed by atoms with Gasteiger partial charge >= 0.3 is 0 Å². The Bertz CT molecular complexity index is 1060. The second-order valence-electron chi connectivity index (χ2n) is 6.64. The molecule has 0 spiro atoms. The zero-order chi connectivity index (χ0) is 23.3. The molecule has 0 saturated carbocycles. The maximum absolute atomic E-state index is 11.5. The summed E-state index contributed by atoms with van der Waals surface area (Å²) in [6.45, 7) is 1.49. The van der Waals surface area contributed by atoms with Gasteiger partial charge < -0.3 is 18.9 Å². The summed E-state index contributed by atoms with van der Waals surface area (Å²) in [7, 11) is 6.10. The highest BCUT2D eigenvalue weighted by molar-refractivity contribution is 7.99. The van der Waals surface area contributed by atoms with Crippen molar-refractivity contribution < 1.29 is 23.9 Å². The van der Waals surface area contributed by atoms with Crippen molar-refractivity contribution in [1.29, 1.82) is 0 Å². The number of rotatable bonds is 10. The molecule has 0 unspecified atom stereocenters. The van der Waals surface area contributed by atoms with Crippen molar-refractivity contribution in [1.82, 2.24) is 14.8 Å². The minimum absolute atomic E-state index is 0.335. The highest BCUT2D eigenvalue weighted by atomic mass is 32.2. The van der Waals surface area contributed by atoms with E-state index in [4.69, 9.17) is 18.9 Å². The van der Waals surface area contributed by atoms with Gasteiger partial charge in [-0.1, -0.05) is 11.8 Å². The fourth-order valence-electron chi connectivity index (χ4n) is 3.21. The number of methoxy groups -OCH3 is 4. The van der Waals surface area contributed by atoms with Crippen molar-refractivity contribution in [2.75, 3.05) is 35.0 Å². The van der Waals surface area contributed by atoms with E-state index < -0.39 is 5.25 Å². The Labute approximate surface area is 189 Å². The van der Waals surface area contributed by atoms with Gasteiger partial charge in [-0.15, -0.1) is 10.2 Å². The Morgan fingerprint density at radius 1 is 1.00 bits per heavy atom. The van der Waals surface area contributed by atoms with E-state index in [1.165, 1.54) is 33.1 Å². The van der Waals surface area contributed by atoms with Crippen LogP contribution in [0.4, 0.5) is 0 Å². The molecule has 170 valence electrons. The van der Waals surface area contributed by atoms with E-state index in [0.717, 1.165) is 11.4 Å². The molecule has 0 fully saturated rings. The molecule has 0 radical (unpaired) electrons. The number of nitro groups is 1. The fourth-order valence-corrected chi connectivity index (χ4v) is 4.36. The molecular weight excluding hydrogens is 436 g/mol. The minimum Gasteiger partial charge on any atom is -0.497 e. The van der Waals surface area contributed by atoms with Crippen molar-refractivity contribution in [3.8, 4) is 28.7 Å². The molecule has 0 amide bonds. The van der Waals surface area contributed by atoms with E-state index in [9.17, 15) is 10.1 Å². The molecule has 1 heterocycles. The normalized spacial score (nSPS) is 11.7. The summed E-state index contributed by atoms with van der Waals surface area (Å²) in [5.41, 5.74) is 1.46. The van der Waals surface area contributed by atoms with Gasteiger partial charge in [-0.3, -0.25) is 14.7 Å². The molecule has 3 rings (SSSR count). The van der Waals surface area contributed by atoms with Crippen molar-refractivity contribution in [2.45, 2.75) is 17.3 Å². The van der Waals surface area contributed by atoms with E-state index in [0.29, 0.717) is 33.8 Å². The van der Waals surface area contributed by atoms with E-state index >= 15 is 0 Å². The summed E-state index contributed by atoms with van der Waals surface area (Å²) in [4.78, 5) is 11.1. The molecule has 3 aromatic rings. The van der Waals surface area contributed by atoms with Gasteiger partial charge in [-0.05, 0) is 48.9 Å². The Balaban J connectivity index is 2.03. The minimum atomic E-state index is -0.584. The number of benzene rings is 2. The molecule has 2 aromatic carbocycles. The van der Waals surface area contributed by atoms with Gasteiger partial charge in [0.2, 0.25) is 12.3 Å². The van der Waals surface area contributed by atoms with Crippen molar-refractivity contribution >= 4 is 11.8 Å². The number of ether oxygens (including phenoxy) is 4. The molecule has 0 aliphatic heterocycles. The third-order valence-electron chi connectivity index (χ3n) is 4.75. The number of aryl methyl sites for hydroxylation is 1. The molecule has 32 heavy (non-hydrogen) atoms. The van der Waals surface area contributed by atoms with Gasteiger partial charge in [-0.2, -0.15) is 0 Å². The van der Waals surface area contributed by atoms with Crippen LogP contribution in [0.25, 0.3) is 5.69 Å². The second-order valence-corrected chi connectivity index (χ2v) is 7.81. The Morgan fingerprint density at radius 2 is 1.62 bits per heavy atom. The SMILES string of the molecule is COc1ccc(-n2c(C)nnc2S[C@H](C[N+](=O)[O-])c2cc(OC)c(OC)c(OC)c2)cc1. The van der Waals surface area contributed by atoms with Crippen LogP contribution in [0, 0.1) is 17.0 Å². The van der Waals surface area contributed by atoms with Crippen LogP contribution < -0.4 is 18.9 Å². The first-order valence-corrected chi connectivity index (χ1v) is 10.4. The first-order chi connectivity index (χ1) is 15.4. The summed E-state index contributed by atoms with van der Waals surface area (Å²) in [6, 6.07) is 10.8. The van der Waals surface area contributed by atoms with E-state index in [1.54, 1.807) is 19.2 Å². The van der Waals surface area contributed by atoms with Gasteiger partial charge in [0, 0.05) is 10.6 Å². The number of hydrogen-bond donors (Lipinski definition) is 0. The van der Waals surface area contributed by atoms with Crippen molar-refractivity contribution in [3.05, 3.63) is 57.9 Å². The monoisotopic (exact) mass is 460 g/mol. The first-order valence-electron chi connectivity index (χ1n) is 9.56. The summed E-state index contributed by atoms with van der Waals surface area (Å²) in [5.74, 6) is 2.63. The molecule has 0 N–H and O–H groups in total. The predicted octanol–water partition coefficient (Wildman–Crippen LogP) is 3.72. The molecular formula is C21H24N4O6S. The second kappa shape index (κ2) is 10.2. The Kier molecular flexibility index (Phi) is 7.41. The molecule has 1 atom stereocenters. The predicted molar refractivity (Wildman–Crippen MR) is 119 cm³/mol. The average Bonchev–Trinajstić information content (AvgIpc) is 3.17. The molecule has 0 bridgehead atoms. The van der Waals surface area contributed by atoms with Crippen molar-refractivity contribution in [2.24, 2.45) is 0 Å². The highest BCUT2D eigenvalue weighted by Gasteiger charge is 2.26. The standard InChI is InChI=1S/C21H24N4O6S/c1-13-22-23-21(25(13)15-6-8-16(28-2)9-7-15)32-19(12-24(26)27)14-10-17(29-3)20(31-5)18(11-14)30-4/h6-11,19H,12H2,1-5H3/t19-/m1/s1. The summed E-state index contributed by atoms with van der Waals surface area (Å²) >= 11 is 1.24. The Morgan fingerprint density at radius 3 is 2.12 bits per heavy atom. The van der Waals surface area contributed by atoms with Gasteiger partial charge in [0.1, 0.15) is 16.8 Å². The lowest BCUT2D eigenvalue weighted by Gasteiger charge is -2.18. The molecule has 0 aliphatic carbocycles. The van der Waals surface area contributed by atoms with Crippen LogP contribution >= 0.6 is 11.8 Å². The largest absolute Gasteiger partial charge is 0.497 e. The number of aromatic nitrogens is 3. The van der Waals surface area contributed by atoms with Gasteiger partial charge in [0.05, 0.1) is 28.4 Å². The molecule has 0 aliphatic rings. The van der Waals surface area contributed by atoms with Crippen LogP contribution in [0.5, 0.6) is 23.0 Å². The zero-order valence-corrected chi connectivity index (χ0v) is 19.2. The fraction of sp³-hybridized carbons (Fsp3) is 0.333. The van der Waals surface area contributed by atoms with Crippen molar-refractivity contribution in [3.63, 3.8) is 0 Å². The van der Waals surface area contributed by atoms with Crippen LogP contribution in [0.2, 0.25) is 0 Å².